The Labute approximate surface area is 223 Å². The van der Waals surface area contributed by atoms with Crippen LogP contribution in [0.2, 0.25) is 0 Å². The number of nitrogens with one attached hydrogen (secondary N) is 2. The number of hydroxylamine groups is 3. The van der Waals surface area contributed by atoms with E-state index >= 15 is 0 Å². The summed E-state index contributed by atoms with van der Waals surface area (Å²) in [4.78, 5) is 25.6. The number of unbranched alkanes of at least 4 members (excludes halogenated alkanes) is 12. The lowest BCUT2D eigenvalue weighted by atomic mass is 9.89. The van der Waals surface area contributed by atoms with Crippen LogP contribution in [0.4, 0.5) is 0 Å². The zero-order chi connectivity index (χ0) is 25.9. The van der Waals surface area contributed by atoms with Crippen molar-refractivity contribution in [1.82, 2.24) is 10.6 Å². The fourth-order valence-corrected chi connectivity index (χ4v) is 4.54. The van der Waals surface area contributed by atoms with Gasteiger partial charge >= 0.3 is 0 Å². The van der Waals surface area contributed by atoms with Crippen LogP contribution in [-0.4, -0.2) is 47.5 Å². The van der Waals surface area contributed by atoms with E-state index in [4.69, 9.17) is 0 Å². The Bertz CT molecular complexity index is 508. The molecule has 0 aromatic carbocycles. The molecule has 0 rings (SSSR count). The molecule has 0 heterocycles. The van der Waals surface area contributed by atoms with Crippen molar-refractivity contribution in [3.63, 3.8) is 0 Å². The number of rotatable bonds is 22. The summed E-state index contributed by atoms with van der Waals surface area (Å²) >= 11 is 0. The van der Waals surface area contributed by atoms with Crippen LogP contribution in [0.15, 0.2) is 0 Å². The van der Waals surface area contributed by atoms with Crippen molar-refractivity contribution in [1.29, 1.82) is 0 Å². The zero-order valence-electron chi connectivity index (χ0n) is 23.9. The topological polar surface area (TPSA) is 78.4 Å². The molecule has 6 nitrogen and oxygen atoms in total. The maximum atomic E-state index is 12.8. The van der Waals surface area contributed by atoms with Gasteiger partial charge in [0, 0.05) is 19.3 Å². The van der Waals surface area contributed by atoms with Crippen molar-refractivity contribution >= 4 is 11.8 Å². The largest absolute Gasteiger partial charge is 1.00 e. The number of quaternary nitrogens is 1. The third kappa shape index (κ3) is 16.5. The molecule has 0 saturated heterocycles. The van der Waals surface area contributed by atoms with Gasteiger partial charge in [0.25, 0.3) is 0 Å². The predicted octanol–water partition coefficient (Wildman–Crippen LogP) is 3.85. The van der Waals surface area contributed by atoms with Crippen LogP contribution in [0, 0.1) is 0 Å². The first-order valence-corrected chi connectivity index (χ1v) is 14.3. The van der Waals surface area contributed by atoms with Gasteiger partial charge in [0.05, 0.1) is 14.1 Å². The first-order chi connectivity index (χ1) is 16.1. The molecule has 0 saturated carbocycles. The van der Waals surface area contributed by atoms with Gasteiger partial charge in [-0.1, -0.05) is 97.8 Å². The van der Waals surface area contributed by atoms with Crippen molar-refractivity contribution in [2.24, 2.45) is 0 Å². The van der Waals surface area contributed by atoms with Crippen LogP contribution in [0.5, 0.6) is 0 Å². The Morgan fingerprint density at radius 3 is 1.34 bits per heavy atom. The fourth-order valence-electron chi connectivity index (χ4n) is 4.54. The summed E-state index contributed by atoms with van der Waals surface area (Å²) in [6, 6.07) is 0. The molecule has 0 radical (unpaired) electrons. The van der Waals surface area contributed by atoms with Crippen LogP contribution < -0.4 is 23.0 Å². The van der Waals surface area contributed by atoms with E-state index in [9.17, 15) is 14.8 Å². The second kappa shape index (κ2) is 21.3. The van der Waals surface area contributed by atoms with Gasteiger partial charge in [0.2, 0.25) is 11.8 Å². The highest BCUT2D eigenvalue weighted by Crippen LogP contribution is 2.27. The predicted molar refractivity (Wildman–Crippen MR) is 143 cm³/mol. The lowest BCUT2D eigenvalue weighted by molar-refractivity contribution is -1.11. The number of amides is 2. The highest BCUT2D eigenvalue weighted by molar-refractivity contribution is 5.79. The molecule has 0 aliphatic heterocycles. The molecule has 35 heavy (non-hydrogen) atoms. The molecule has 0 aromatic heterocycles. The van der Waals surface area contributed by atoms with Crippen LogP contribution in [0.25, 0.3) is 0 Å². The van der Waals surface area contributed by atoms with Gasteiger partial charge < -0.3 is 23.0 Å². The maximum Gasteiger partial charge on any atom is 0.221 e. The molecule has 0 fully saturated rings. The number of halogens is 1. The summed E-state index contributed by atoms with van der Waals surface area (Å²) in [7, 11) is 3.43. The number of carbonyl (C=O) groups is 2. The number of hydrogen-bond acceptors (Lipinski definition) is 3. The van der Waals surface area contributed by atoms with Gasteiger partial charge in [0.15, 0.2) is 11.7 Å². The van der Waals surface area contributed by atoms with Crippen molar-refractivity contribution < 1.29 is 31.8 Å². The third-order valence-corrected chi connectivity index (χ3v) is 7.25. The smallest absolute Gasteiger partial charge is 0.221 e. The summed E-state index contributed by atoms with van der Waals surface area (Å²) in [5.41, 5.74) is -0.722. The first-order valence-electron chi connectivity index (χ1n) is 14.3. The van der Waals surface area contributed by atoms with E-state index in [2.05, 4.69) is 31.4 Å². The van der Waals surface area contributed by atoms with Gasteiger partial charge in [-0.2, -0.15) is 4.65 Å². The van der Waals surface area contributed by atoms with E-state index in [0.29, 0.717) is 19.3 Å². The van der Waals surface area contributed by atoms with E-state index in [1.165, 1.54) is 64.2 Å². The minimum atomic E-state index is -0.722. The Kier molecular flexibility index (Phi) is 22.0. The average molecular weight is 520 g/mol. The van der Waals surface area contributed by atoms with Gasteiger partial charge in [-0.25, -0.2) is 5.21 Å². The number of carbonyl (C=O) groups excluding carboxylic acids is 2. The van der Waals surface area contributed by atoms with E-state index < -0.39 is 11.7 Å². The average Bonchev–Trinajstić information content (AvgIpc) is 2.76. The lowest BCUT2D eigenvalue weighted by Gasteiger charge is -2.45. The van der Waals surface area contributed by atoms with Crippen LogP contribution in [0.3, 0.4) is 0 Å². The number of nitrogens with zero attached hydrogens (tertiary/aromatic N) is 1. The summed E-state index contributed by atoms with van der Waals surface area (Å²) in [5.74, 6) is -0.101. The highest BCUT2D eigenvalue weighted by Gasteiger charge is 2.49. The molecule has 1 atom stereocenters. The second-order valence-electron chi connectivity index (χ2n) is 10.8. The fraction of sp³-hybridized carbons (Fsp3) is 0.929. The van der Waals surface area contributed by atoms with E-state index in [1.807, 2.05) is 6.92 Å². The van der Waals surface area contributed by atoms with E-state index in [0.717, 1.165) is 32.1 Å². The van der Waals surface area contributed by atoms with Gasteiger partial charge in [0.1, 0.15) is 0 Å². The van der Waals surface area contributed by atoms with E-state index in [-0.39, 0.29) is 28.9 Å². The summed E-state index contributed by atoms with van der Waals surface area (Å²) in [5, 5.41) is 17.1. The van der Waals surface area contributed by atoms with E-state index in [1.54, 1.807) is 14.1 Å². The third-order valence-electron chi connectivity index (χ3n) is 7.25. The maximum absolute atomic E-state index is 12.8. The second-order valence-corrected chi connectivity index (χ2v) is 10.8. The molecule has 1 unspecified atom stereocenters. The minimum absolute atomic E-state index is 0. The van der Waals surface area contributed by atoms with Gasteiger partial charge in [-0.05, 0) is 26.2 Å². The van der Waals surface area contributed by atoms with Crippen molar-refractivity contribution in [3.8, 4) is 0 Å². The Morgan fingerprint density at radius 2 is 1.03 bits per heavy atom. The summed E-state index contributed by atoms with van der Waals surface area (Å²) in [6.07, 6.45) is 18.1. The monoisotopic (exact) mass is 519 g/mol. The summed E-state index contributed by atoms with van der Waals surface area (Å²) in [6.45, 7) is 8.44. The normalized spacial score (nSPS) is 13.3. The molecule has 3 N–H and O–H groups in total. The SMILES string of the molecule is CCCCCCCCCC(=O)NC(NC(=O)CCCCCCCCC)C(C)(CCC)[N+](C)(C)O.[Cl-]. The molecule has 210 valence electrons. The van der Waals surface area contributed by atoms with Crippen LogP contribution >= 0.6 is 0 Å². The van der Waals surface area contributed by atoms with Crippen molar-refractivity contribution in [2.45, 2.75) is 155 Å². The molecule has 0 aliphatic carbocycles. The Balaban J connectivity index is 0. The van der Waals surface area contributed by atoms with Gasteiger partial charge in [-0.3, -0.25) is 9.59 Å². The minimum Gasteiger partial charge on any atom is -1.00 e. The van der Waals surface area contributed by atoms with Crippen LogP contribution in [-0.2, 0) is 9.59 Å². The van der Waals surface area contributed by atoms with Crippen molar-refractivity contribution in [3.05, 3.63) is 0 Å². The molecule has 0 aliphatic rings. The zero-order valence-corrected chi connectivity index (χ0v) is 24.7. The molecule has 2 amide bonds. The number of likely N-dealkylation sites (N-methyl/N-ethyl adjacent to an activating group) is 1. The molecule has 0 aromatic rings. The standard InChI is InChI=1S/C28H57N3O3.ClH/c1-7-10-12-14-16-18-20-22-25(32)29-27(28(4,24-9-3)31(5,6)34)30-26(33)23-21-19-17-15-13-11-8-2;/h27,34H,7-24H2,1-6H3,(H-,29,30,32,33);1H. The molecular weight excluding hydrogens is 462 g/mol. The van der Waals surface area contributed by atoms with Crippen molar-refractivity contribution in [2.75, 3.05) is 14.1 Å². The highest BCUT2D eigenvalue weighted by atomic mass is 35.5. The quantitative estimate of drug-likeness (QED) is 0.0879. The van der Waals surface area contributed by atoms with Crippen LogP contribution in [0.1, 0.15) is 143 Å². The Morgan fingerprint density at radius 1 is 0.686 bits per heavy atom. The Hall–Kier alpha value is -0.850. The molecular formula is C28H58ClN3O3. The first kappa shape index (κ1) is 36.3. The molecule has 0 bridgehead atoms. The summed E-state index contributed by atoms with van der Waals surface area (Å²) < 4.78 is -0.319. The van der Waals surface area contributed by atoms with Gasteiger partial charge in [-0.15, -0.1) is 0 Å². The molecule has 7 heteroatoms. The molecule has 0 spiro atoms. The lowest BCUT2D eigenvalue weighted by Crippen LogP contribution is -3.00. The number of hydrogen-bond donors (Lipinski definition) is 3.